The van der Waals surface area contributed by atoms with Gasteiger partial charge >= 0.3 is 0 Å². The summed E-state index contributed by atoms with van der Waals surface area (Å²) < 4.78 is 0. The number of nitrogens with two attached hydrogens (primary N) is 1. The minimum atomic E-state index is -1.11. The SMILES string of the molecule is C/C(C(=N)C(=S)N1CC[Si](C)(C)CC1)=C(/[NH2+]c1ccc(Cl)cc1Cl)c1ccc(Cl)cc1. The molecule has 0 spiro atoms. The van der Waals surface area contributed by atoms with Gasteiger partial charge in [0.15, 0.2) is 5.69 Å². The highest BCUT2D eigenvalue weighted by Crippen LogP contribution is 2.26. The lowest BCUT2D eigenvalue weighted by atomic mass is 10.0. The lowest BCUT2D eigenvalue weighted by Gasteiger charge is -2.37. The molecular formula is C23H27Cl3N3SSi+. The first-order valence-corrected chi connectivity index (χ1v) is 15.2. The fourth-order valence-electron chi connectivity index (χ4n) is 3.58. The zero-order valence-electron chi connectivity index (χ0n) is 17.9. The van der Waals surface area contributed by atoms with Crippen molar-refractivity contribution in [3.8, 4) is 0 Å². The molecule has 2 aromatic carbocycles. The Balaban J connectivity index is 1.95. The number of nitrogens with zero attached hydrogens (tertiary/aromatic N) is 1. The Kier molecular flexibility index (Phi) is 8.00. The summed E-state index contributed by atoms with van der Waals surface area (Å²) in [6.45, 7) is 8.68. The van der Waals surface area contributed by atoms with Gasteiger partial charge in [-0.25, -0.2) is 0 Å². The van der Waals surface area contributed by atoms with Crippen molar-refractivity contribution < 1.29 is 5.32 Å². The third-order valence-corrected chi connectivity index (χ3v) is 10.2. The largest absolute Gasteiger partial charge is 0.362 e. The van der Waals surface area contributed by atoms with Crippen LogP contribution in [0.1, 0.15) is 12.5 Å². The molecular weight excluding hydrogens is 485 g/mol. The first-order valence-electron chi connectivity index (χ1n) is 10.2. The molecule has 0 bridgehead atoms. The number of hydrogen-bond acceptors (Lipinski definition) is 2. The second kappa shape index (κ2) is 10.2. The van der Waals surface area contributed by atoms with Gasteiger partial charge in [0.1, 0.15) is 15.7 Å². The predicted molar refractivity (Wildman–Crippen MR) is 141 cm³/mol. The van der Waals surface area contributed by atoms with Crippen LogP contribution in [-0.2, 0) is 0 Å². The number of halogens is 3. The standard InChI is InChI=1S/C23H26Cl3N3SSi/c1-15(21(27)23(30)29-10-12-31(2,3)13-11-29)22(16-4-6-17(24)7-5-16)28-20-9-8-18(25)14-19(20)26/h4-9,14,27-28H,10-13H2,1-3H3/p+1/b22-15-,27-21?. The van der Waals surface area contributed by atoms with Crippen LogP contribution in [0.5, 0.6) is 0 Å². The van der Waals surface area contributed by atoms with E-state index in [4.69, 9.17) is 52.4 Å². The molecule has 0 unspecified atom stereocenters. The Bertz CT molecular complexity index is 1020. The van der Waals surface area contributed by atoms with Crippen molar-refractivity contribution in [3.05, 3.63) is 68.7 Å². The van der Waals surface area contributed by atoms with E-state index in [2.05, 4.69) is 18.0 Å². The molecule has 1 aliphatic heterocycles. The Morgan fingerprint density at radius 3 is 2.16 bits per heavy atom. The van der Waals surface area contributed by atoms with Crippen molar-refractivity contribution in [3.63, 3.8) is 0 Å². The highest BCUT2D eigenvalue weighted by Gasteiger charge is 2.30. The van der Waals surface area contributed by atoms with Gasteiger partial charge in [-0.15, -0.1) is 0 Å². The zero-order chi connectivity index (χ0) is 22.8. The summed E-state index contributed by atoms with van der Waals surface area (Å²) in [4.78, 5) is 2.80. The molecule has 1 aliphatic rings. The van der Waals surface area contributed by atoms with Crippen LogP contribution in [0.25, 0.3) is 5.70 Å². The van der Waals surface area contributed by atoms with E-state index >= 15 is 0 Å². The maximum atomic E-state index is 8.88. The number of nitrogens with one attached hydrogen (secondary N) is 1. The Morgan fingerprint density at radius 2 is 1.58 bits per heavy atom. The third-order valence-electron chi connectivity index (χ3n) is 5.81. The topological polar surface area (TPSA) is 43.7 Å². The van der Waals surface area contributed by atoms with E-state index in [0.29, 0.717) is 25.8 Å². The number of benzene rings is 2. The summed E-state index contributed by atoms with van der Waals surface area (Å²) in [7, 11) is -1.11. The van der Waals surface area contributed by atoms with E-state index in [1.54, 1.807) is 6.07 Å². The summed E-state index contributed by atoms with van der Waals surface area (Å²) >= 11 is 24.4. The number of thiocarbonyl (C=S) groups is 1. The van der Waals surface area contributed by atoms with Gasteiger partial charge in [-0.05, 0) is 55.4 Å². The van der Waals surface area contributed by atoms with Gasteiger partial charge in [-0.3, -0.25) is 10.7 Å². The Morgan fingerprint density at radius 1 is 1.00 bits per heavy atom. The van der Waals surface area contributed by atoms with Crippen LogP contribution in [0.3, 0.4) is 0 Å². The first-order chi connectivity index (χ1) is 14.6. The smallest absolute Gasteiger partial charge is 0.153 e. The Hall–Kier alpha value is -1.21. The highest BCUT2D eigenvalue weighted by molar-refractivity contribution is 7.82. The molecule has 2 aromatic rings. The van der Waals surface area contributed by atoms with Gasteiger partial charge in [0.05, 0.1) is 13.8 Å². The van der Waals surface area contributed by atoms with Crippen LogP contribution >= 0.6 is 47.0 Å². The second-order valence-corrected chi connectivity index (χ2v) is 15.7. The fraction of sp³-hybridized carbons (Fsp3) is 0.304. The summed E-state index contributed by atoms with van der Waals surface area (Å²) in [5.41, 5.74) is 3.86. The predicted octanol–water partition coefficient (Wildman–Crippen LogP) is 6.64. The van der Waals surface area contributed by atoms with Crippen LogP contribution in [0.4, 0.5) is 5.69 Å². The molecule has 3 nitrogen and oxygen atoms in total. The normalized spacial score (nSPS) is 16.6. The molecule has 0 radical (unpaired) electrons. The zero-order valence-corrected chi connectivity index (χ0v) is 22.0. The maximum absolute atomic E-state index is 8.88. The van der Waals surface area contributed by atoms with E-state index in [0.717, 1.165) is 35.6 Å². The van der Waals surface area contributed by atoms with Crippen LogP contribution in [0, 0.1) is 5.41 Å². The average Bonchev–Trinajstić information content (AvgIpc) is 2.72. The van der Waals surface area contributed by atoms with E-state index in [1.165, 1.54) is 12.1 Å². The number of quaternary nitrogens is 1. The van der Waals surface area contributed by atoms with Gasteiger partial charge in [-0.1, -0.05) is 60.1 Å². The van der Waals surface area contributed by atoms with Gasteiger partial charge in [-0.2, -0.15) is 0 Å². The molecule has 1 saturated heterocycles. The minimum absolute atomic E-state index is 0.377. The Labute approximate surface area is 205 Å². The summed E-state index contributed by atoms with van der Waals surface area (Å²) in [5, 5.41) is 12.7. The van der Waals surface area contributed by atoms with Crippen LogP contribution in [0.15, 0.2) is 48.0 Å². The molecule has 1 fully saturated rings. The molecule has 0 aliphatic carbocycles. The quantitative estimate of drug-likeness (QED) is 0.204. The van der Waals surface area contributed by atoms with Crippen molar-refractivity contribution in [2.75, 3.05) is 13.1 Å². The molecule has 164 valence electrons. The van der Waals surface area contributed by atoms with E-state index in [9.17, 15) is 0 Å². The molecule has 0 atom stereocenters. The molecule has 3 rings (SSSR count). The minimum Gasteiger partial charge on any atom is -0.362 e. The molecule has 8 heteroatoms. The van der Waals surface area contributed by atoms with E-state index in [1.807, 2.05) is 48.6 Å². The summed E-state index contributed by atoms with van der Waals surface area (Å²) in [6.07, 6.45) is 0. The van der Waals surface area contributed by atoms with Crippen molar-refractivity contribution >= 4 is 77.2 Å². The number of hydrogen-bond donors (Lipinski definition) is 2. The molecule has 31 heavy (non-hydrogen) atoms. The third kappa shape index (κ3) is 6.19. The van der Waals surface area contributed by atoms with Crippen LogP contribution in [0.2, 0.25) is 40.3 Å². The fourth-order valence-corrected chi connectivity index (χ4v) is 6.51. The highest BCUT2D eigenvalue weighted by atomic mass is 35.5. The lowest BCUT2D eigenvalue weighted by Crippen LogP contribution is -2.75. The molecule has 0 saturated carbocycles. The lowest BCUT2D eigenvalue weighted by molar-refractivity contribution is -0.469. The molecule has 3 N–H and O–H groups in total. The molecule has 0 amide bonds. The average molecular weight is 512 g/mol. The van der Waals surface area contributed by atoms with Gasteiger partial charge in [0, 0.05) is 40.3 Å². The second-order valence-electron chi connectivity index (χ2n) is 8.69. The van der Waals surface area contributed by atoms with Crippen molar-refractivity contribution in [2.24, 2.45) is 0 Å². The van der Waals surface area contributed by atoms with Crippen molar-refractivity contribution in [1.82, 2.24) is 4.90 Å². The number of rotatable bonds is 5. The van der Waals surface area contributed by atoms with Gasteiger partial charge in [0.2, 0.25) is 0 Å². The summed E-state index contributed by atoms with van der Waals surface area (Å²) in [6, 6.07) is 15.4. The maximum Gasteiger partial charge on any atom is 0.153 e. The summed E-state index contributed by atoms with van der Waals surface area (Å²) in [5.74, 6) is 0. The van der Waals surface area contributed by atoms with E-state index in [-0.39, 0.29) is 0 Å². The molecule has 0 aromatic heterocycles. The van der Waals surface area contributed by atoms with Gasteiger partial charge < -0.3 is 4.90 Å². The first kappa shape index (κ1) is 24.4. The van der Waals surface area contributed by atoms with Crippen LogP contribution < -0.4 is 5.32 Å². The molecule has 1 heterocycles. The van der Waals surface area contributed by atoms with Crippen molar-refractivity contribution in [1.29, 1.82) is 5.41 Å². The van der Waals surface area contributed by atoms with Gasteiger partial charge in [0.25, 0.3) is 0 Å². The van der Waals surface area contributed by atoms with E-state index < -0.39 is 8.07 Å². The van der Waals surface area contributed by atoms with Crippen molar-refractivity contribution in [2.45, 2.75) is 32.1 Å². The van der Waals surface area contributed by atoms with Crippen LogP contribution in [-0.4, -0.2) is 36.8 Å². The monoisotopic (exact) mass is 510 g/mol.